The average molecular weight is 377 g/mol. The Morgan fingerprint density at radius 3 is 2.39 bits per heavy atom. The zero-order valence-electron chi connectivity index (χ0n) is 15.9. The van der Waals surface area contributed by atoms with Gasteiger partial charge in [-0.2, -0.15) is 0 Å². The van der Waals surface area contributed by atoms with Crippen molar-refractivity contribution in [1.29, 1.82) is 0 Å². The van der Waals surface area contributed by atoms with E-state index in [2.05, 4.69) is 15.6 Å². The maximum atomic E-state index is 12.3. The van der Waals surface area contributed by atoms with Gasteiger partial charge in [-0.05, 0) is 35.9 Å². The Labute approximate surface area is 164 Å². The lowest BCUT2D eigenvalue weighted by Crippen LogP contribution is -2.23. The summed E-state index contributed by atoms with van der Waals surface area (Å²) in [5.74, 6) is 1.40. The number of methoxy groups -OCH3 is 2. The van der Waals surface area contributed by atoms with Gasteiger partial charge < -0.3 is 20.1 Å². The van der Waals surface area contributed by atoms with Crippen LogP contribution in [0, 0.1) is 0 Å². The van der Waals surface area contributed by atoms with Crippen LogP contribution in [0.2, 0.25) is 0 Å². The number of hydrogen-bond donors (Lipinski definition) is 2. The largest absolute Gasteiger partial charge is 0.497 e. The number of rotatable bonds is 8. The first-order valence-corrected chi connectivity index (χ1v) is 8.92. The number of aromatic nitrogens is 1. The van der Waals surface area contributed by atoms with Crippen molar-refractivity contribution in [3.8, 4) is 11.5 Å². The summed E-state index contributed by atoms with van der Waals surface area (Å²) in [6, 6.07) is 18.9. The van der Waals surface area contributed by atoms with Crippen LogP contribution in [-0.4, -0.2) is 25.1 Å². The molecule has 1 heterocycles. The van der Waals surface area contributed by atoms with Crippen LogP contribution in [0.25, 0.3) is 0 Å². The molecule has 0 aliphatic heterocycles. The quantitative estimate of drug-likeness (QED) is 0.627. The molecule has 144 valence electrons. The molecule has 0 spiro atoms. The van der Waals surface area contributed by atoms with E-state index in [1.807, 2.05) is 54.6 Å². The normalized spacial score (nSPS) is 10.2. The number of nitrogens with one attached hydrogen (secondary N) is 2. The summed E-state index contributed by atoms with van der Waals surface area (Å²) in [5, 5.41) is 6.15. The van der Waals surface area contributed by atoms with Gasteiger partial charge in [-0.3, -0.25) is 4.79 Å². The van der Waals surface area contributed by atoms with Crippen molar-refractivity contribution in [1.82, 2.24) is 10.3 Å². The van der Waals surface area contributed by atoms with Crippen LogP contribution >= 0.6 is 0 Å². The van der Waals surface area contributed by atoms with Gasteiger partial charge in [-0.25, -0.2) is 4.98 Å². The lowest BCUT2D eigenvalue weighted by molar-refractivity contribution is 0.0946. The first-order valence-electron chi connectivity index (χ1n) is 8.92. The van der Waals surface area contributed by atoms with Crippen LogP contribution < -0.4 is 20.1 Å². The molecule has 3 rings (SSSR count). The third-order valence-corrected chi connectivity index (χ3v) is 4.28. The highest BCUT2D eigenvalue weighted by Crippen LogP contribution is 2.19. The van der Waals surface area contributed by atoms with Crippen molar-refractivity contribution in [3.05, 3.63) is 83.7 Å². The van der Waals surface area contributed by atoms with E-state index in [0.717, 1.165) is 28.3 Å². The highest BCUT2D eigenvalue weighted by Gasteiger charge is 2.07. The molecule has 3 aromatic rings. The Hall–Kier alpha value is -3.54. The molecular formula is C22H23N3O3. The number of ether oxygens (including phenoxy) is 2. The molecule has 6 heteroatoms. The summed E-state index contributed by atoms with van der Waals surface area (Å²) in [6.45, 7) is 1.03. The lowest BCUT2D eigenvalue weighted by atomic mass is 10.2. The molecule has 0 saturated carbocycles. The number of pyridine rings is 1. The summed E-state index contributed by atoms with van der Waals surface area (Å²) in [5.41, 5.74) is 3.24. The topological polar surface area (TPSA) is 72.5 Å². The van der Waals surface area contributed by atoms with Crippen LogP contribution in [0.5, 0.6) is 11.5 Å². The second-order valence-electron chi connectivity index (χ2n) is 6.13. The molecule has 0 aliphatic carbocycles. The number of para-hydroxylation sites is 1. The Bertz CT molecular complexity index is 909. The molecule has 2 N–H and O–H groups in total. The third kappa shape index (κ3) is 5.01. The molecular weight excluding hydrogens is 354 g/mol. The standard InChI is InChI=1S/C22H23N3O3/c1-27-19-10-7-16(8-11-19)13-25-22(26)20-12-9-18(15-24-20)23-14-17-5-3-4-6-21(17)28-2/h3-12,15,23H,13-14H2,1-2H3,(H,25,26). The monoisotopic (exact) mass is 377 g/mol. The second-order valence-corrected chi connectivity index (χ2v) is 6.13. The fourth-order valence-electron chi connectivity index (χ4n) is 2.70. The van der Waals surface area contributed by atoms with E-state index in [9.17, 15) is 4.79 Å². The molecule has 0 bridgehead atoms. The minimum atomic E-state index is -0.216. The van der Waals surface area contributed by atoms with Crippen LogP contribution in [0.15, 0.2) is 66.9 Å². The highest BCUT2D eigenvalue weighted by molar-refractivity contribution is 5.92. The van der Waals surface area contributed by atoms with Crippen LogP contribution in [0.3, 0.4) is 0 Å². The maximum Gasteiger partial charge on any atom is 0.270 e. The van der Waals surface area contributed by atoms with Crippen molar-refractivity contribution >= 4 is 11.6 Å². The van der Waals surface area contributed by atoms with Gasteiger partial charge in [0.05, 0.1) is 26.1 Å². The summed E-state index contributed by atoms with van der Waals surface area (Å²) in [7, 11) is 3.27. The van der Waals surface area contributed by atoms with Crippen molar-refractivity contribution in [2.24, 2.45) is 0 Å². The molecule has 0 fully saturated rings. The molecule has 0 radical (unpaired) electrons. The first kappa shape index (κ1) is 19.2. The Balaban J connectivity index is 1.53. The van der Waals surface area contributed by atoms with E-state index in [1.54, 1.807) is 26.5 Å². The van der Waals surface area contributed by atoms with Crippen LogP contribution in [-0.2, 0) is 13.1 Å². The number of benzene rings is 2. The molecule has 1 aromatic heterocycles. The predicted molar refractivity (Wildman–Crippen MR) is 109 cm³/mol. The molecule has 1 amide bonds. The number of carbonyl (C=O) groups is 1. The zero-order valence-corrected chi connectivity index (χ0v) is 15.9. The summed E-state index contributed by atoms with van der Waals surface area (Å²) >= 11 is 0. The molecule has 0 atom stereocenters. The first-order chi connectivity index (χ1) is 13.7. The van der Waals surface area contributed by atoms with Gasteiger partial charge in [0.15, 0.2) is 0 Å². The molecule has 0 saturated heterocycles. The number of hydrogen-bond acceptors (Lipinski definition) is 5. The number of nitrogens with zero attached hydrogens (tertiary/aromatic N) is 1. The Kier molecular flexibility index (Phi) is 6.46. The van der Waals surface area contributed by atoms with Gasteiger partial charge in [-0.1, -0.05) is 30.3 Å². The Morgan fingerprint density at radius 1 is 0.929 bits per heavy atom. The highest BCUT2D eigenvalue weighted by atomic mass is 16.5. The molecule has 0 unspecified atom stereocenters. The van der Waals surface area contributed by atoms with Crippen molar-refractivity contribution in [2.75, 3.05) is 19.5 Å². The van der Waals surface area contributed by atoms with E-state index in [4.69, 9.17) is 9.47 Å². The second kappa shape index (κ2) is 9.41. The zero-order chi connectivity index (χ0) is 19.8. The van der Waals surface area contributed by atoms with E-state index >= 15 is 0 Å². The van der Waals surface area contributed by atoms with Gasteiger partial charge >= 0.3 is 0 Å². The smallest absolute Gasteiger partial charge is 0.270 e. The summed E-state index contributed by atoms with van der Waals surface area (Å²) < 4.78 is 10.5. The van der Waals surface area contributed by atoms with E-state index in [0.29, 0.717) is 18.8 Å². The Morgan fingerprint density at radius 2 is 1.71 bits per heavy atom. The molecule has 28 heavy (non-hydrogen) atoms. The third-order valence-electron chi connectivity index (χ3n) is 4.28. The minimum absolute atomic E-state index is 0.216. The average Bonchev–Trinajstić information content (AvgIpc) is 2.77. The number of carbonyl (C=O) groups excluding carboxylic acids is 1. The van der Waals surface area contributed by atoms with Gasteiger partial charge in [0, 0.05) is 18.7 Å². The van der Waals surface area contributed by atoms with Crippen LogP contribution in [0.4, 0.5) is 5.69 Å². The fourth-order valence-corrected chi connectivity index (χ4v) is 2.70. The van der Waals surface area contributed by atoms with Gasteiger partial charge in [0.2, 0.25) is 0 Å². The SMILES string of the molecule is COc1ccc(CNC(=O)c2ccc(NCc3ccccc3OC)cn2)cc1. The molecule has 2 aromatic carbocycles. The van der Waals surface area contributed by atoms with Gasteiger partial charge in [0.25, 0.3) is 5.91 Å². The van der Waals surface area contributed by atoms with Gasteiger partial charge in [0.1, 0.15) is 17.2 Å². The van der Waals surface area contributed by atoms with Crippen molar-refractivity contribution in [3.63, 3.8) is 0 Å². The fraction of sp³-hybridized carbons (Fsp3) is 0.182. The van der Waals surface area contributed by atoms with Crippen molar-refractivity contribution < 1.29 is 14.3 Å². The number of amides is 1. The summed E-state index contributed by atoms with van der Waals surface area (Å²) in [4.78, 5) is 16.5. The maximum absolute atomic E-state index is 12.3. The van der Waals surface area contributed by atoms with Gasteiger partial charge in [-0.15, -0.1) is 0 Å². The van der Waals surface area contributed by atoms with Crippen molar-refractivity contribution in [2.45, 2.75) is 13.1 Å². The summed E-state index contributed by atoms with van der Waals surface area (Å²) in [6.07, 6.45) is 1.65. The minimum Gasteiger partial charge on any atom is -0.497 e. The van der Waals surface area contributed by atoms with E-state index < -0.39 is 0 Å². The van der Waals surface area contributed by atoms with E-state index in [1.165, 1.54) is 0 Å². The molecule has 0 aliphatic rings. The predicted octanol–water partition coefficient (Wildman–Crippen LogP) is 3.64. The lowest BCUT2D eigenvalue weighted by Gasteiger charge is -2.10. The molecule has 6 nitrogen and oxygen atoms in total. The number of anilines is 1. The van der Waals surface area contributed by atoms with Crippen LogP contribution in [0.1, 0.15) is 21.6 Å². The van der Waals surface area contributed by atoms with E-state index in [-0.39, 0.29) is 5.91 Å².